The van der Waals surface area contributed by atoms with Crippen molar-refractivity contribution in [3.8, 4) is 0 Å². The Morgan fingerprint density at radius 2 is 2.20 bits per heavy atom. The van der Waals surface area contributed by atoms with Crippen LogP contribution in [-0.2, 0) is 0 Å². The molecule has 1 unspecified atom stereocenters. The van der Waals surface area contributed by atoms with Crippen LogP contribution in [0.15, 0.2) is 29.0 Å². The van der Waals surface area contributed by atoms with Crippen LogP contribution in [0.4, 0.5) is 0 Å². The molecule has 0 amide bonds. The molecule has 1 atom stereocenters. The molecule has 3 heteroatoms. The summed E-state index contributed by atoms with van der Waals surface area (Å²) in [6, 6.07) is 0. The molecule has 0 bridgehead atoms. The fraction of sp³-hybridized carbons (Fsp3) is 0.583. The predicted molar refractivity (Wildman–Crippen MR) is 63.2 cm³/mol. The highest BCUT2D eigenvalue weighted by molar-refractivity contribution is 5.86. The number of hydrogen-bond acceptors (Lipinski definition) is 3. The summed E-state index contributed by atoms with van der Waals surface area (Å²) in [6.45, 7) is 8.84. The first-order valence-corrected chi connectivity index (χ1v) is 5.44. The van der Waals surface area contributed by atoms with Crippen LogP contribution < -0.4 is 5.43 Å². The van der Waals surface area contributed by atoms with E-state index in [-0.39, 0.29) is 11.6 Å². The van der Waals surface area contributed by atoms with Crippen LogP contribution in [0.1, 0.15) is 34.1 Å². The zero-order valence-electron chi connectivity index (χ0n) is 9.91. The Labute approximate surface area is 91.5 Å². The van der Waals surface area contributed by atoms with Crippen LogP contribution in [0, 0.1) is 5.41 Å². The van der Waals surface area contributed by atoms with Gasteiger partial charge in [0.05, 0.1) is 0 Å². The summed E-state index contributed by atoms with van der Waals surface area (Å²) < 4.78 is 0. The van der Waals surface area contributed by atoms with Crippen LogP contribution >= 0.6 is 0 Å². The predicted octanol–water partition coefficient (Wildman–Crippen LogP) is 2.44. The lowest BCUT2D eigenvalue weighted by Gasteiger charge is -2.30. The average molecular weight is 205 g/mol. The molecule has 82 valence electrons. The van der Waals surface area contributed by atoms with E-state index in [0.717, 1.165) is 12.3 Å². The van der Waals surface area contributed by atoms with Gasteiger partial charge in [0.2, 0.25) is 0 Å². The second-order valence-corrected chi connectivity index (χ2v) is 5.40. The quantitative estimate of drug-likeness (QED) is 0.712. The first kappa shape index (κ1) is 10.3. The fourth-order valence-corrected chi connectivity index (χ4v) is 1.94. The lowest BCUT2D eigenvalue weighted by atomic mass is 9.91. The molecule has 2 heterocycles. The summed E-state index contributed by atoms with van der Waals surface area (Å²) in [4.78, 5) is 2.27. The summed E-state index contributed by atoms with van der Waals surface area (Å²) in [6.07, 6.45) is 7.56. The zero-order chi connectivity index (χ0) is 11.1. The molecule has 2 rings (SSSR count). The van der Waals surface area contributed by atoms with E-state index in [9.17, 15) is 0 Å². The van der Waals surface area contributed by atoms with Gasteiger partial charge in [-0.25, -0.2) is 0 Å². The normalized spacial score (nSPS) is 24.5. The van der Waals surface area contributed by atoms with Crippen molar-refractivity contribution >= 4 is 5.84 Å². The van der Waals surface area contributed by atoms with Crippen molar-refractivity contribution in [2.75, 3.05) is 0 Å². The third-order valence-corrected chi connectivity index (χ3v) is 2.58. The Balaban J connectivity index is 2.16. The van der Waals surface area contributed by atoms with Crippen molar-refractivity contribution in [1.29, 1.82) is 0 Å². The maximum absolute atomic E-state index is 4.42. The van der Waals surface area contributed by atoms with Crippen molar-refractivity contribution < 1.29 is 0 Å². The molecule has 0 aromatic carbocycles. The Bertz CT molecular complexity index is 344. The summed E-state index contributed by atoms with van der Waals surface area (Å²) in [7, 11) is 0. The molecule has 15 heavy (non-hydrogen) atoms. The Hall–Kier alpha value is -1.25. The lowest BCUT2D eigenvalue weighted by Crippen LogP contribution is -2.39. The maximum Gasteiger partial charge on any atom is 0.140 e. The molecule has 0 aliphatic carbocycles. The van der Waals surface area contributed by atoms with Crippen LogP contribution in [0.3, 0.4) is 0 Å². The van der Waals surface area contributed by atoms with Crippen molar-refractivity contribution in [2.24, 2.45) is 10.5 Å². The van der Waals surface area contributed by atoms with E-state index in [1.807, 2.05) is 0 Å². The maximum atomic E-state index is 4.42. The number of hydrazone groups is 1. The van der Waals surface area contributed by atoms with Gasteiger partial charge in [-0.15, -0.1) is 0 Å². The van der Waals surface area contributed by atoms with Gasteiger partial charge in [0.25, 0.3) is 0 Å². The Kier molecular flexibility index (Phi) is 2.33. The van der Waals surface area contributed by atoms with E-state index in [4.69, 9.17) is 0 Å². The summed E-state index contributed by atoms with van der Waals surface area (Å²) in [5, 5.41) is 4.42. The summed E-state index contributed by atoms with van der Waals surface area (Å²) >= 11 is 0. The number of fused-ring (bicyclic) bond motifs is 1. The molecular formula is C12H19N3. The molecular weight excluding hydrogens is 186 g/mol. The highest BCUT2D eigenvalue weighted by Gasteiger charge is 2.30. The number of hydrogen-bond donors (Lipinski definition) is 1. The first-order valence-electron chi connectivity index (χ1n) is 5.44. The van der Waals surface area contributed by atoms with Gasteiger partial charge < -0.3 is 4.90 Å². The molecule has 1 N–H and O–H groups in total. The third kappa shape index (κ3) is 2.06. The first-order chi connectivity index (χ1) is 6.97. The minimum Gasteiger partial charge on any atom is -0.307 e. The average Bonchev–Trinajstić information content (AvgIpc) is 2.47. The third-order valence-electron chi connectivity index (χ3n) is 2.58. The molecule has 2 aliphatic rings. The highest BCUT2D eigenvalue weighted by atomic mass is 15.5. The summed E-state index contributed by atoms with van der Waals surface area (Å²) in [5.74, 6) is 1.14. The van der Waals surface area contributed by atoms with Gasteiger partial charge in [-0.2, -0.15) is 5.10 Å². The molecule has 0 aromatic heterocycles. The van der Waals surface area contributed by atoms with E-state index in [2.05, 4.69) is 61.4 Å². The van der Waals surface area contributed by atoms with Crippen LogP contribution in [0.25, 0.3) is 0 Å². The molecule has 0 saturated carbocycles. The monoisotopic (exact) mass is 205 g/mol. The molecule has 2 aliphatic heterocycles. The Morgan fingerprint density at radius 3 is 2.87 bits per heavy atom. The van der Waals surface area contributed by atoms with E-state index in [0.29, 0.717) is 0 Å². The topological polar surface area (TPSA) is 27.6 Å². The van der Waals surface area contributed by atoms with E-state index < -0.39 is 0 Å². The largest absolute Gasteiger partial charge is 0.307 e. The van der Waals surface area contributed by atoms with Crippen molar-refractivity contribution in [3.63, 3.8) is 0 Å². The minimum absolute atomic E-state index is 0.229. The van der Waals surface area contributed by atoms with Crippen LogP contribution in [-0.4, -0.2) is 16.9 Å². The van der Waals surface area contributed by atoms with E-state index in [1.165, 1.54) is 5.70 Å². The molecule has 0 aromatic rings. The van der Waals surface area contributed by atoms with Gasteiger partial charge in [0.15, 0.2) is 0 Å². The minimum atomic E-state index is 0.229. The number of nitrogens with zero attached hydrogens (tertiary/aromatic N) is 2. The van der Waals surface area contributed by atoms with Gasteiger partial charge in [0.1, 0.15) is 12.0 Å². The van der Waals surface area contributed by atoms with Crippen molar-refractivity contribution in [3.05, 3.63) is 23.9 Å². The number of allylic oxidation sites excluding steroid dienone is 3. The fourth-order valence-electron chi connectivity index (χ4n) is 1.94. The van der Waals surface area contributed by atoms with E-state index in [1.54, 1.807) is 0 Å². The number of amidine groups is 1. The van der Waals surface area contributed by atoms with Crippen molar-refractivity contribution in [2.45, 2.75) is 40.3 Å². The van der Waals surface area contributed by atoms with Crippen LogP contribution in [0.5, 0.6) is 0 Å². The van der Waals surface area contributed by atoms with Gasteiger partial charge >= 0.3 is 0 Å². The van der Waals surface area contributed by atoms with Gasteiger partial charge in [-0.3, -0.25) is 5.43 Å². The number of rotatable bonds is 1. The van der Waals surface area contributed by atoms with Gasteiger partial charge in [-0.1, -0.05) is 26.8 Å². The molecule has 0 spiro atoms. The van der Waals surface area contributed by atoms with Crippen LogP contribution in [0.2, 0.25) is 0 Å². The Morgan fingerprint density at radius 1 is 1.47 bits per heavy atom. The standard InChI is InChI=1S/C12H19N3/c1-9-6-5-7-10-13-14-11(15(9)10)8-12(2,3)4/h5-7,10,13H,8H2,1-4H3. The zero-order valence-corrected chi connectivity index (χ0v) is 9.91. The highest BCUT2D eigenvalue weighted by Crippen LogP contribution is 2.27. The van der Waals surface area contributed by atoms with Gasteiger partial charge in [0, 0.05) is 12.1 Å². The summed E-state index contributed by atoms with van der Waals surface area (Å²) in [5.41, 5.74) is 4.68. The molecule has 3 nitrogen and oxygen atoms in total. The second-order valence-electron chi connectivity index (χ2n) is 5.40. The number of nitrogens with one attached hydrogen (secondary N) is 1. The molecule has 0 radical (unpaired) electrons. The van der Waals surface area contributed by atoms with Gasteiger partial charge in [-0.05, 0) is 24.5 Å². The lowest BCUT2D eigenvalue weighted by molar-refractivity contribution is 0.379. The molecule has 0 saturated heterocycles. The SMILES string of the molecule is CC1=CC=CC2NN=C(CC(C)(C)C)N12. The van der Waals surface area contributed by atoms with Crippen molar-refractivity contribution in [1.82, 2.24) is 10.3 Å². The second kappa shape index (κ2) is 3.40. The smallest absolute Gasteiger partial charge is 0.140 e. The van der Waals surface area contributed by atoms with E-state index >= 15 is 0 Å². The molecule has 0 fully saturated rings.